The van der Waals surface area contributed by atoms with Crippen molar-refractivity contribution in [2.45, 2.75) is 38.1 Å². The highest BCUT2D eigenvalue weighted by molar-refractivity contribution is 7.80. The number of nitrogens with zero attached hydrogens (tertiary/aromatic N) is 5. The minimum Gasteiger partial charge on any atom is -0.489 e. The number of rotatable bonds is 16. The second-order valence-corrected chi connectivity index (χ2v) is 13.3. The highest BCUT2D eigenvalue weighted by Crippen LogP contribution is 2.33. The molecule has 22 heteroatoms. The lowest BCUT2D eigenvalue weighted by Crippen LogP contribution is -2.76. The molecule has 0 bridgehead atoms. The van der Waals surface area contributed by atoms with Gasteiger partial charge in [0.2, 0.25) is 5.62 Å². The zero-order valence-electron chi connectivity index (χ0n) is 26.5. The van der Waals surface area contributed by atoms with Crippen molar-refractivity contribution in [1.82, 2.24) is 24.5 Å². The van der Waals surface area contributed by atoms with Gasteiger partial charge in [-0.15, -0.1) is 15.6 Å². The molecule has 0 saturated carbocycles. The third kappa shape index (κ3) is 8.41. The maximum Gasteiger partial charge on any atom is 0.418 e. The van der Waals surface area contributed by atoms with E-state index in [1.54, 1.807) is 40.4 Å². The molecule has 0 aliphatic carbocycles. The maximum atomic E-state index is 13.2. The molecule has 3 aromatic rings. The number of oxime groups is 1. The molecular formula is C27H36N10O10S2. The number of β-lactam (4-membered cyclic amide) rings is 1. The number of ether oxygens (including phenoxy) is 1. The van der Waals surface area contributed by atoms with Crippen LogP contribution in [0.1, 0.15) is 19.5 Å². The number of carboxylic acids is 1. The van der Waals surface area contributed by atoms with E-state index in [4.69, 9.17) is 36.7 Å². The van der Waals surface area contributed by atoms with E-state index >= 15 is 0 Å². The molecule has 1 saturated heterocycles. The summed E-state index contributed by atoms with van der Waals surface area (Å²) in [5, 5.41) is 26.0. The number of hydrogen-bond donors (Lipinski definition) is 7. The Bertz CT molecular complexity index is 1900. The van der Waals surface area contributed by atoms with Gasteiger partial charge in [-0.25, -0.2) is 9.78 Å². The average molecular weight is 725 g/mol. The van der Waals surface area contributed by atoms with E-state index in [0.29, 0.717) is 24.7 Å². The Balaban J connectivity index is 1.46. The second kappa shape index (κ2) is 14.7. The van der Waals surface area contributed by atoms with Gasteiger partial charge in [0.05, 0.1) is 11.2 Å². The predicted octanol–water partition coefficient (Wildman–Crippen LogP) is -1.36. The number of nitrogen functional groups attached to an aromatic ring is 1. The Morgan fingerprint density at radius 3 is 2.41 bits per heavy atom. The summed E-state index contributed by atoms with van der Waals surface area (Å²) >= 11 is 0.947. The number of carbonyl (C=O) groups excluding carboxylic acids is 2. The van der Waals surface area contributed by atoms with E-state index in [1.165, 1.54) is 19.2 Å². The predicted molar refractivity (Wildman–Crippen MR) is 173 cm³/mol. The number of hydrogen-bond acceptors (Lipinski definition) is 15. The molecule has 2 atom stereocenters. The molecule has 20 nitrogen and oxygen atoms in total. The Kier molecular flexibility index (Phi) is 11.1. The molecule has 49 heavy (non-hydrogen) atoms. The van der Waals surface area contributed by atoms with Crippen LogP contribution in [0.4, 0.5) is 5.13 Å². The largest absolute Gasteiger partial charge is 0.489 e. The second-order valence-electron chi connectivity index (χ2n) is 11.4. The van der Waals surface area contributed by atoms with Crippen LogP contribution in [0.5, 0.6) is 5.75 Å². The highest BCUT2D eigenvalue weighted by Gasteiger charge is 2.58. The Morgan fingerprint density at radius 2 is 1.88 bits per heavy atom. The first kappa shape index (κ1) is 37.0. The van der Waals surface area contributed by atoms with Gasteiger partial charge in [-0.05, 0) is 56.8 Å². The molecule has 1 fully saturated rings. The zero-order valence-corrected chi connectivity index (χ0v) is 28.1. The van der Waals surface area contributed by atoms with Crippen molar-refractivity contribution >= 4 is 50.4 Å². The van der Waals surface area contributed by atoms with Crippen LogP contribution < -0.4 is 32.9 Å². The van der Waals surface area contributed by atoms with Crippen molar-refractivity contribution in [3.63, 3.8) is 0 Å². The molecule has 10 N–H and O–H groups in total. The van der Waals surface area contributed by atoms with Gasteiger partial charge in [0.1, 0.15) is 24.1 Å². The summed E-state index contributed by atoms with van der Waals surface area (Å²) in [5.74, 6) is -3.22. The van der Waals surface area contributed by atoms with Crippen molar-refractivity contribution in [3.05, 3.63) is 47.2 Å². The van der Waals surface area contributed by atoms with Gasteiger partial charge in [-0.3, -0.25) is 19.6 Å². The summed E-state index contributed by atoms with van der Waals surface area (Å²) in [6.45, 7) is 3.43. The number of imidazole rings is 1. The van der Waals surface area contributed by atoms with Crippen LogP contribution in [0.25, 0.3) is 11.3 Å². The number of aromatic nitrogens is 3. The fourth-order valence-corrected chi connectivity index (χ4v) is 5.71. The first-order chi connectivity index (χ1) is 23.0. The van der Waals surface area contributed by atoms with Crippen LogP contribution in [-0.4, -0.2) is 98.1 Å². The first-order valence-electron chi connectivity index (χ1n) is 14.4. The number of carboxylic acid groups (broad SMARTS) is 1. The number of nitrogens with two attached hydrogens (primary N) is 3. The van der Waals surface area contributed by atoms with E-state index < -0.39 is 58.2 Å². The van der Waals surface area contributed by atoms with Gasteiger partial charge in [0, 0.05) is 31.1 Å². The lowest BCUT2D eigenvalue weighted by atomic mass is 9.84. The summed E-state index contributed by atoms with van der Waals surface area (Å²) in [6.07, 6.45) is 0.104. The highest BCUT2D eigenvalue weighted by atomic mass is 32.3. The molecule has 2 aromatic heterocycles. The minimum atomic E-state index is -5.03. The molecule has 1 aromatic carbocycles. The monoisotopic (exact) mass is 724 g/mol. The standard InChI is InChI=1S/C27H36N10O10S2/c1-27(2)21(23(39)37(27)47-49(42,43)44)33-22(38)20(17-13-48-25(30)32-17)34-46-19(24(40)41)12-45-16-6-4-15(5-7-16)18-11-36(26(31)35(18)3)10-14(8-28)9-29/h4-7,11,13-14,19,21,31H,8-10,12,28-29H2,1-3H3,(H2,30,32)(H,33,38)(H,40,41)(H,42,43,44)/b31-26?,34-20-/t19?,21-/m1/s1. The molecule has 3 heterocycles. The van der Waals surface area contributed by atoms with E-state index in [2.05, 4.69) is 19.7 Å². The van der Waals surface area contributed by atoms with Crippen molar-refractivity contribution in [1.29, 1.82) is 5.41 Å². The number of amides is 2. The summed E-state index contributed by atoms with van der Waals surface area (Å²) in [7, 11) is -3.28. The summed E-state index contributed by atoms with van der Waals surface area (Å²) in [6, 6.07) is 5.32. The number of thiazole rings is 1. The van der Waals surface area contributed by atoms with Gasteiger partial charge in [-0.2, -0.15) is 13.5 Å². The Morgan fingerprint density at radius 1 is 1.22 bits per heavy atom. The van der Waals surface area contributed by atoms with Crippen molar-refractivity contribution in [2.24, 2.45) is 29.6 Å². The molecule has 4 rings (SSSR count). The van der Waals surface area contributed by atoms with Gasteiger partial charge >= 0.3 is 16.4 Å². The van der Waals surface area contributed by atoms with Crippen LogP contribution in [0.15, 0.2) is 41.0 Å². The van der Waals surface area contributed by atoms with Crippen molar-refractivity contribution < 1.29 is 46.3 Å². The third-order valence-electron chi connectivity index (χ3n) is 7.55. The maximum absolute atomic E-state index is 13.2. The SMILES string of the molecule is Cn1c(-c2ccc(OCC(O/N=C(\C(=O)N[C@@H]3C(=O)N(OS(=O)(=O)O)C3(C)C)c3csc(N)n3)C(=O)O)cc2)cn(CC(CN)CN)c1=N. The molecular weight excluding hydrogens is 688 g/mol. The van der Waals surface area contributed by atoms with E-state index in [9.17, 15) is 27.9 Å². The lowest BCUT2D eigenvalue weighted by molar-refractivity contribution is -0.218. The number of benzene rings is 1. The van der Waals surface area contributed by atoms with Crippen LogP contribution in [0.3, 0.4) is 0 Å². The van der Waals surface area contributed by atoms with E-state index in [0.717, 1.165) is 22.6 Å². The zero-order chi connectivity index (χ0) is 36.3. The quantitative estimate of drug-likeness (QED) is 0.0389. The fourth-order valence-electron chi connectivity index (χ4n) is 4.71. The number of anilines is 1. The van der Waals surface area contributed by atoms with Crippen molar-refractivity contribution in [3.8, 4) is 17.0 Å². The number of carbonyl (C=O) groups is 3. The molecule has 1 aliphatic heterocycles. The third-order valence-corrected chi connectivity index (χ3v) is 8.56. The topological polar surface area (TPSA) is 306 Å². The smallest absolute Gasteiger partial charge is 0.418 e. The summed E-state index contributed by atoms with van der Waals surface area (Å²) in [4.78, 5) is 46.9. The molecule has 1 aliphatic rings. The number of hydroxylamine groups is 2. The van der Waals surface area contributed by atoms with Crippen LogP contribution in [-0.2, 0) is 47.5 Å². The van der Waals surface area contributed by atoms with Crippen LogP contribution in [0.2, 0.25) is 0 Å². The normalized spacial score (nSPS) is 16.7. The molecule has 1 unspecified atom stereocenters. The first-order valence-corrected chi connectivity index (χ1v) is 16.6. The van der Waals surface area contributed by atoms with Crippen LogP contribution in [0, 0.1) is 11.3 Å². The number of nitrogens with one attached hydrogen (secondary N) is 2. The molecule has 0 spiro atoms. The summed E-state index contributed by atoms with van der Waals surface area (Å²) < 4.78 is 44.5. The number of aliphatic carboxylic acids is 1. The molecule has 0 radical (unpaired) electrons. The Hall–Kier alpha value is -4.87. The molecule has 2 amide bonds. The van der Waals surface area contributed by atoms with Gasteiger partial charge in [0.25, 0.3) is 17.9 Å². The Labute approximate surface area is 283 Å². The lowest BCUT2D eigenvalue weighted by Gasteiger charge is -2.50. The fraction of sp³-hybridized carbons (Fsp3) is 0.407. The summed E-state index contributed by atoms with van der Waals surface area (Å²) in [5.41, 5.74) is 16.9. The van der Waals surface area contributed by atoms with Crippen LogP contribution >= 0.6 is 11.3 Å². The average Bonchev–Trinajstić information content (AvgIpc) is 3.60. The van der Waals surface area contributed by atoms with E-state index in [1.807, 2.05) is 6.20 Å². The van der Waals surface area contributed by atoms with Gasteiger partial charge in [-0.1, -0.05) is 5.16 Å². The van der Waals surface area contributed by atoms with Crippen molar-refractivity contribution in [2.75, 3.05) is 25.4 Å². The molecule has 266 valence electrons. The van der Waals surface area contributed by atoms with Gasteiger partial charge in [0.15, 0.2) is 10.8 Å². The van der Waals surface area contributed by atoms with E-state index in [-0.39, 0.29) is 28.1 Å². The minimum absolute atomic E-state index is 0.0136. The van der Waals surface area contributed by atoms with Gasteiger partial charge < -0.3 is 46.3 Å².